The van der Waals surface area contributed by atoms with Crippen LogP contribution >= 0.6 is 23.2 Å². The van der Waals surface area contributed by atoms with Crippen LogP contribution in [0.5, 0.6) is 5.75 Å². The smallest absolute Gasteiger partial charge is 0.368 e. The van der Waals surface area contributed by atoms with E-state index in [0.29, 0.717) is 21.5 Å². The summed E-state index contributed by atoms with van der Waals surface area (Å²) in [5, 5.41) is 8.91. The molecule has 152 valence electrons. The van der Waals surface area contributed by atoms with Crippen molar-refractivity contribution in [1.82, 2.24) is 19.8 Å². The summed E-state index contributed by atoms with van der Waals surface area (Å²) in [6.07, 6.45) is 0. The highest BCUT2D eigenvalue weighted by atomic mass is 35.5. The number of nitrogens with zero attached hydrogens (tertiary/aromatic N) is 4. The molecule has 0 unspecified atom stereocenters. The third-order valence-electron chi connectivity index (χ3n) is 4.82. The lowest BCUT2D eigenvalue weighted by molar-refractivity contribution is 0.305. The molecule has 0 aliphatic heterocycles. The molecule has 1 heterocycles. The molecule has 0 aliphatic carbocycles. The van der Waals surface area contributed by atoms with Gasteiger partial charge in [-0.1, -0.05) is 53.5 Å². The normalized spacial score (nSPS) is 10.9. The number of hydrogen-bond donors (Lipinski definition) is 0. The molecule has 0 spiro atoms. The third kappa shape index (κ3) is 3.97. The third-order valence-corrected chi connectivity index (χ3v) is 5.38. The van der Waals surface area contributed by atoms with Crippen molar-refractivity contribution in [3.8, 4) is 22.6 Å². The lowest BCUT2D eigenvalue weighted by Crippen LogP contribution is -2.23. The molecule has 1 aromatic heterocycles. The van der Waals surface area contributed by atoms with Crippen molar-refractivity contribution >= 4 is 23.2 Å². The first-order chi connectivity index (χ1) is 14.4. The number of halogens is 2. The van der Waals surface area contributed by atoms with Crippen LogP contribution < -0.4 is 10.4 Å². The van der Waals surface area contributed by atoms with Gasteiger partial charge in [-0.05, 0) is 64.4 Å². The number of hydrogen-bond acceptors (Lipinski definition) is 4. The van der Waals surface area contributed by atoms with Crippen LogP contribution in [-0.2, 0) is 13.7 Å². The monoisotopic (exact) mass is 440 g/mol. The molecule has 0 aliphatic rings. The number of rotatable bonds is 5. The SMILES string of the molecule is Cc1cccc(-n2nnn(C)c2=O)c1COc1cc(-c2ccc(Cl)cc2)ccc1Cl. The van der Waals surface area contributed by atoms with Crippen molar-refractivity contribution in [2.24, 2.45) is 7.05 Å². The van der Waals surface area contributed by atoms with Gasteiger partial charge in [0.05, 0.1) is 10.7 Å². The summed E-state index contributed by atoms with van der Waals surface area (Å²) in [5.41, 5.74) is 4.05. The first kappa shape index (κ1) is 20.2. The average molecular weight is 441 g/mol. The van der Waals surface area contributed by atoms with Gasteiger partial charge in [0.1, 0.15) is 12.4 Å². The predicted molar refractivity (Wildman–Crippen MR) is 118 cm³/mol. The summed E-state index contributed by atoms with van der Waals surface area (Å²) in [7, 11) is 1.56. The van der Waals surface area contributed by atoms with Crippen molar-refractivity contribution in [3.63, 3.8) is 0 Å². The Bertz CT molecular complexity index is 1260. The van der Waals surface area contributed by atoms with Gasteiger partial charge in [0, 0.05) is 17.6 Å². The Morgan fingerprint density at radius 1 is 0.967 bits per heavy atom. The van der Waals surface area contributed by atoms with Gasteiger partial charge in [0.15, 0.2) is 0 Å². The number of aryl methyl sites for hydroxylation is 2. The minimum atomic E-state index is -0.329. The number of tetrazole rings is 1. The Morgan fingerprint density at radius 3 is 2.40 bits per heavy atom. The second kappa shape index (κ2) is 8.34. The molecule has 4 aromatic rings. The summed E-state index contributed by atoms with van der Waals surface area (Å²) < 4.78 is 8.51. The molecule has 0 saturated carbocycles. The molecule has 8 heteroatoms. The quantitative estimate of drug-likeness (QED) is 0.445. The Morgan fingerprint density at radius 2 is 1.70 bits per heavy atom. The summed E-state index contributed by atoms with van der Waals surface area (Å²) in [6.45, 7) is 2.17. The highest BCUT2D eigenvalue weighted by Crippen LogP contribution is 2.32. The molecule has 0 fully saturated rings. The lowest BCUT2D eigenvalue weighted by Gasteiger charge is -2.14. The van der Waals surface area contributed by atoms with Crippen LogP contribution in [0.2, 0.25) is 10.0 Å². The fourth-order valence-electron chi connectivity index (χ4n) is 3.12. The molecule has 0 amide bonds. The van der Waals surface area contributed by atoms with E-state index in [1.54, 1.807) is 13.1 Å². The fourth-order valence-corrected chi connectivity index (χ4v) is 3.42. The minimum absolute atomic E-state index is 0.217. The van der Waals surface area contributed by atoms with Crippen LogP contribution in [-0.4, -0.2) is 19.8 Å². The van der Waals surface area contributed by atoms with Gasteiger partial charge in [-0.25, -0.2) is 4.79 Å². The van der Waals surface area contributed by atoms with Crippen LogP contribution in [0.25, 0.3) is 16.8 Å². The van der Waals surface area contributed by atoms with Gasteiger partial charge in [0.2, 0.25) is 0 Å². The zero-order chi connectivity index (χ0) is 21.3. The van der Waals surface area contributed by atoms with Crippen LogP contribution in [0, 0.1) is 6.92 Å². The van der Waals surface area contributed by atoms with Crippen molar-refractivity contribution in [2.75, 3.05) is 0 Å². The van der Waals surface area contributed by atoms with Gasteiger partial charge in [0.25, 0.3) is 0 Å². The maximum Gasteiger partial charge on any atom is 0.368 e. The van der Waals surface area contributed by atoms with Crippen molar-refractivity contribution < 1.29 is 4.74 Å². The molecular weight excluding hydrogens is 423 g/mol. The van der Waals surface area contributed by atoms with Crippen molar-refractivity contribution in [2.45, 2.75) is 13.5 Å². The Balaban J connectivity index is 1.66. The van der Waals surface area contributed by atoms with E-state index in [4.69, 9.17) is 27.9 Å². The van der Waals surface area contributed by atoms with Crippen LogP contribution in [0.15, 0.2) is 65.5 Å². The molecule has 0 N–H and O–H groups in total. The van der Waals surface area contributed by atoms with Gasteiger partial charge < -0.3 is 4.74 Å². The van der Waals surface area contributed by atoms with E-state index in [-0.39, 0.29) is 12.3 Å². The van der Waals surface area contributed by atoms with Crippen molar-refractivity contribution in [1.29, 1.82) is 0 Å². The average Bonchev–Trinajstić information content (AvgIpc) is 3.07. The van der Waals surface area contributed by atoms with E-state index in [2.05, 4.69) is 10.4 Å². The first-order valence-electron chi connectivity index (χ1n) is 9.20. The molecule has 0 atom stereocenters. The molecule has 0 bridgehead atoms. The van der Waals surface area contributed by atoms with E-state index in [1.165, 1.54) is 9.36 Å². The Hall–Kier alpha value is -3.09. The number of ether oxygens (including phenoxy) is 1. The van der Waals surface area contributed by atoms with Crippen molar-refractivity contribution in [3.05, 3.63) is 92.3 Å². The topological polar surface area (TPSA) is 61.9 Å². The van der Waals surface area contributed by atoms with Crippen LogP contribution in [0.4, 0.5) is 0 Å². The van der Waals surface area contributed by atoms with E-state index in [0.717, 1.165) is 22.3 Å². The van der Waals surface area contributed by atoms with E-state index < -0.39 is 0 Å². The molecule has 4 rings (SSSR count). The maximum absolute atomic E-state index is 12.3. The Labute approximate surface area is 183 Å². The summed E-state index contributed by atoms with van der Waals surface area (Å²) >= 11 is 12.4. The van der Waals surface area contributed by atoms with Gasteiger partial charge >= 0.3 is 5.69 Å². The molecule has 6 nitrogen and oxygen atoms in total. The highest BCUT2D eigenvalue weighted by molar-refractivity contribution is 6.32. The van der Waals surface area contributed by atoms with Gasteiger partial charge in [-0.2, -0.15) is 9.36 Å². The number of benzene rings is 3. The molecule has 30 heavy (non-hydrogen) atoms. The zero-order valence-corrected chi connectivity index (χ0v) is 17.9. The van der Waals surface area contributed by atoms with Gasteiger partial charge in [-0.15, -0.1) is 0 Å². The summed E-state index contributed by atoms with van der Waals surface area (Å²) in [6, 6.07) is 18.8. The minimum Gasteiger partial charge on any atom is -0.487 e. The maximum atomic E-state index is 12.3. The molecule has 0 saturated heterocycles. The lowest BCUT2D eigenvalue weighted by atomic mass is 10.1. The van der Waals surface area contributed by atoms with E-state index >= 15 is 0 Å². The standard InChI is InChI=1S/C22H18Cl2N4O2/c1-14-4-3-5-20(28-22(29)27(2)25-26-28)18(14)13-30-21-12-16(8-11-19(21)24)15-6-9-17(23)10-7-15/h3-12H,13H2,1-2H3. The second-order valence-electron chi connectivity index (χ2n) is 6.81. The summed E-state index contributed by atoms with van der Waals surface area (Å²) in [4.78, 5) is 12.3. The van der Waals surface area contributed by atoms with Crippen LogP contribution in [0.3, 0.4) is 0 Å². The predicted octanol–water partition coefficient (Wildman–Crippen LogP) is 4.83. The number of aromatic nitrogens is 4. The van der Waals surface area contributed by atoms with E-state index in [9.17, 15) is 4.79 Å². The first-order valence-corrected chi connectivity index (χ1v) is 9.96. The van der Waals surface area contributed by atoms with Crippen LogP contribution in [0.1, 0.15) is 11.1 Å². The second-order valence-corrected chi connectivity index (χ2v) is 7.65. The molecular formula is C22H18Cl2N4O2. The van der Waals surface area contributed by atoms with Gasteiger partial charge in [-0.3, -0.25) is 0 Å². The molecule has 3 aromatic carbocycles. The fraction of sp³-hybridized carbons (Fsp3) is 0.136. The summed E-state index contributed by atoms with van der Waals surface area (Å²) in [5.74, 6) is 0.546. The molecule has 0 radical (unpaired) electrons. The largest absolute Gasteiger partial charge is 0.487 e. The Kier molecular flexibility index (Phi) is 5.61. The van der Waals surface area contributed by atoms with E-state index in [1.807, 2.05) is 61.5 Å². The highest BCUT2D eigenvalue weighted by Gasteiger charge is 2.14. The zero-order valence-electron chi connectivity index (χ0n) is 16.3.